The van der Waals surface area contributed by atoms with E-state index in [0.717, 1.165) is 25.8 Å². The molecule has 0 saturated carbocycles. The Morgan fingerprint density at radius 1 is 1.67 bits per heavy atom. The summed E-state index contributed by atoms with van der Waals surface area (Å²) in [6, 6.07) is 0. The van der Waals surface area contributed by atoms with Crippen LogP contribution in [0.25, 0.3) is 0 Å². The summed E-state index contributed by atoms with van der Waals surface area (Å²) < 4.78 is 0. The van der Waals surface area contributed by atoms with Crippen molar-refractivity contribution in [3.8, 4) is 0 Å². The molecule has 1 unspecified atom stereocenters. The molecule has 64 valence electrons. The van der Waals surface area contributed by atoms with Crippen LogP contribution in [0.3, 0.4) is 0 Å². The third-order valence-electron chi connectivity index (χ3n) is 2.39. The largest absolute Gasteiger partial charge is 0.300 e. The van der Waals surface area contributed by atoms with E-state index in [0.29, 0.717) is 5.92 Å². The van der Waals surface area contributed by atoms with Crippen LogP contribution in [0.5, 0.6) is 0 Å². The standard InChI is InChI=1S/C9H12N2O/c12-7-11-6-5-8-3-1-2-4-9(8)10-11/h1-2,4,7-8,10H,3,5-6H2. The van der Waals surface area contributed by atoms with E-state index in [1.807, 2.05) is 12.2 Å². The van der Waals surface area contributed by atoms with Gasteiger partial charge in [0.1, 0.15) is 0 Å². The average Bonchev–Trinajstić information content (AvgIpc) is 2.17. The van der Waals surface area contributed by atoms with Crippen molar-refractivity contribution in [2.75, 3.05) is 6.54 Å². The number of allylic oxidation sites excluding steroid dienone is 4. The van der Waals surface area contributed by atoms with Crippen LogP contribution < -0.4 is 5.43 Å². The fraction of sp³-hybridized carbons (Fsp3) is 0.444. The van der Waals surface area contributed by atoms with Gasteiger partial charge in [0.05, 0.1) is 0 Å². The van der Waals surface area contributed by atoms with Gasteiger partial charge in [-0.1, -0.05) is 12.2 Å². The predicted molar refractivity (Wildman–Crippen MR) is 45.9 cm³/mol. The first-order chi connectivity index (χ1) is 5.90. The molecule has 1 saturated heterocycles. The maximum atomic E-state index is 10.5. The van der Waals surface area contributed by atoms with E-state index < -0.39 is 0 Å². The Balaban J connectivity index is 2.10. The van der Waals surface area contributed by atoms with Crippen LogP contribution in [0.2, 0.25) is 0 Å². The predicted octanol–water partition coefficient (Wildman–Crippen LogP) is 0.813. The van der Waals surface area contributed by atoms with E-state index in [2.05, 4.69) is 11.5 Å². The zero-order chi connectivity index (χ0) is 8.39. The lowest BCUT2D eigenvalue weighted by atomic mass is 9.92. The van der Waals surface area contributed by atoms with Crippen LogP contribution in [-0.2, 0) is 4.79 Å². The highest BCUT2D eigenvalue weighted by atomic mass is 16.1. The van der Waals surface area contributed by atoms with E-state index >= 15 is 0 Å². The van der Waals surface area contributed by atoms with E-state index in [4.69, 9.17) is 0 Å². The molecule has 12 heavy (non-hydrogen) atoms. The molecule has 0 spiro atoms. The minimum absolute atomic E-state index is 0.603. The second-order valence-electron chi connectivity index (χ2n) is 3.18. The van der Waals surface area contributed by atoms with Crippen LogP contribution in [0.15, 0.2) is 23.9 Å². The van der Waals surface area contributed by atoms with Crippen LogP contribution in [0.1, 0.15) is 12.8 Å². The molecule has 3 heteroatoms. The molecule has 1 heterocycles. The first-order valence-electron chi connectivity index (χ1n) is 4.25. The van der Waals surface area contributed by atoms with Crippen LogP contribution in [0.4, 0.5) is 0 Å². The number of rotatable bonds is 1. The fourth-order valence-corrected chi connectivity index (χ4v) is 1.68. The Hall–Kier alpha value is -1.25. The van der Waals surface area contributed by atoms with Crippen molar-refractivity contribution in [3.63, 3.8) is 0 Å². The Labute approximate surface area is 71.7 Å². The molecule has 0 aromatic carbocycles. The maximum absolute atomic E-state index is 10.5. The second-order valence-corrected chi connectivity index (χ2v) is 3.18. The summed E-state index contributed by atoms with van der Waals surface area (Å²) in [7, 11) is 0. The number of amides is 1. The van der Waals surface area contributed by atoms with Gasteiger partial charge in [-0.15, -0.1) is 0 Å². The summed E-state index contributed by atoms with van der Waals surface area (Å²) in [5.41, 5.74) is 4.26. The van der Waals surface area contributed by atoms with Gasteiger partial charge in [0.25, 0.3) is 0 Å². The Bertz CT molecular complexity index is 245. The summed E-state index contributed by atoms with van der Waals surface area (Å²) in [5.74, 6) is 0.603. The van der Waals surface area contributed by atoms with Crippen molar-refractivity contribution in [2.45, 2.75) is 12.8 Å². The molecular weight excluding hydrogens is 152 g/mol. The highest BCUT2D eigenvalue weighted by molar-refractivity contribution is 5.47. The van der Waals surface area contributed by atoms with Crippen LogP contribution >= 0.6 is 0 Å². The number of carbonyl (C=O) groups is 1. The lowest BCUT2D eigenvalue weighted by Gasteiger charge is -2.33. The Morgan fingerprint density at radius 3 is 3.42 bits per heavy atom. The number of hydrazine groups is 1. The minimum Gasteiger partial charge on any atom is -0.300 e. The van der Waals surface area contributed by atoms with Gasteiger partial charge in [-0.25, -0.2) is 0 Å². The average molecular weight is 164 g/mol. The summed E-state index contributed by atoms with van der Waals surface area (Å²) in [5, 5.41) is 1.60. The molecule has 1 aliphatic carbocycles. The van der Waals surface area contributed by atoms with Crippen molar-refractivity contribution in [3.05, 3.63) is 23.9 Å². The number of hydrogen-bond acceptors (Lipinski definition) is 2. The molecule has 0 bridgehead atoms. The van der Waals surface area contributed by atoms with E-state index in [-0.39, 0.29) is 0 Å². The molecule has 1 aliphatic heterocycles. The second kappa shape index (κ2) is 3.01. The van der Waals surface area contributed by atoms with Gasteiger partial charge in [0, 0.05) is 18.2 Å². The fourth-order valence-electron chi connectivity index (χ4n) is 1.68. The maximum Gasteiger partial charge on any atom is 0.228 e. The molecule has 1 atom stereocenters. The van der Waals surface area contributed by atoms with Crippen molar-refractivity contribution < 1.29 is 4.79 Å². The third-order valence-corrected chi connectivity index (χ3v) is 2.39. The molecule has 3 nitrogen and oxygen atoms in total. The number of hydrogen-bond donors (Lipinski definition) is 1. The quantitative estimate of drug-likeness (QED) is 0.582. The molecule has 2 rings (SSSR count). The normalized spacial score (nSPS) is 27.2. The lowest BCUT2D eigenvalue weighted by Crippen LogP contribution is -2.44. The monoisotopic (exact) mass is 164 g/mol. The SMILES string of the molecule is O=CN1CCC2CC=CC=C2N1. The van der Waals surface area contributed by atoms with Gasteiger partial charge in [0.2, 0.25) is 6.41 Å². The van der Waals surface area contributed by atoms with Gasteiger partial charge in [-0.2, -0.15) is 0 Å². The molecule has 0 aromatic rings. The molecule has 1 N–H and O–H groups in total. The molecule has 1 fully saturated rings. The van der Waals surface area contributed by atoms with Crippen molar-refractivity contribution in [1.82, 2.24) is 10.4 Å². The highest BCUT2D eigenvalue weighted by Gasteiger charge is 2.22. The minimum atomic E-state index is 0.603. The van der Waals surface area contributed by atoms with Crippen molar-refractivity contribution in [1.29, 1.82) is 0 Å². The Kier molecular flexibility index (Phi) is 1.86. The Morgan fingerprint density at radius 2 is 2.58 bits per heavy atom. The zero-order valence-corrected chi connectivity index (χ0v) is 6.86. The molecule has 1 amide bonds. The summed E-state index contributed by atoms with van der Waals surface area (Å²) >= 11 is 0. The van der Waals surface area contributed by atoms with Gasteiger partial charge in [-0.05, 0) is 18.9 Å². The molecular formula is C9H12N2O. The first kappa shape index (κ1) is 7.40. The summed E-state index contributed by atoms with van der Waals surface area (Å²) in [6.45, 7) is 0.819. The van der Waals surface area contributed by atoms with Crippen LogP contribution in [0, 0.1) is 5.92 Å². The van der Waals surface area contributed by atoms with Crippen LogP contribution in [-0.4, -0.2) is 18.0 Å². The molecule has 2 aliphatic rings. The van der Waals surface area contributed by atoms with E-state index in [1.54, 1.807) is 5.01 Å². The van der Waals surface area contributed by atoms with Gasteiger partial charge in [-0.3, -0.25) is 9.80 Å². The van der Waals surface area contributed by atoms with Crippen molar-refractivity contribution in [2.24, 2.45) is 5.92 Å². The van der Waals surface area contributed by atoms with E-state index in [1.165, 1.54) is 5.70 Å². The van der Waals surface area contributed by atoms with Gasteiger partial charge >= 0.3 is 0 Å². The molecule has 0 radical (unpaired) electrons. The summed E-state index contributed by atoms with van der Waals surface area (Å²) in [6.07, 6.45) is 9.27. The number of carbonyl (C=O) groups excluding carboxylic acids is 1. The third kappa shape index (κ3) is 1.22. The first-order valence-corrected chi connectivity index (χ1v) is 4.25. The number of nitrogens with one attached hydrogen (secondary N) is 1. The number of nitrogens with zero attached hydrogens (tertiary/aromatic N) is 1. The van der Waals surface area contributed by atoms with Gasteiger partial charge < -0.3 is 5.43 Å². The smallest absolute Gasteiger partial charge is 0.228 e. The summed E-state index contributed by atoms with van der Waals surface area (Å²) in [4.78, 5) is 10.5. The lowest BCUT2D eigenvalue weighted by molar-refractivity contribution is -0.121. The van der Waals surface area contributed by atoms with E-state index in [9.17, 15) is 4.79 Å². The number of fused-ring (bicyclic) bond motifs is 1. The zero-order valence-electron chi connectivity index (χ0n) is 6.86. The van der Waals surface area contributed by atoms with Gasteiger partial charge in [0.15, 0.2) is 0 Å². The highest BCUT2D eigenvalue weighted by Crippen LogP contribution is 2.25. The molecule has 0 aromatic heterocycles. The topological polar surface area (TPSA) is 32.3 Å². The van der Waals surface area contributed by atoms with Crippen molar-refractivity contribution >= 4 is 6.41 Å².